The predicted molar refractivity (Wildman–Crippen MR) is 75.4 cm³/mol. The lowest BCUT2D eigenvalue weighted by Gasteiger charge is -2.22. The van der Waals surface area contributed by atoms with Crippen LogP contribution in [0.3, 0.4) is 0 Å². The summed E-state index contributed by atoms with van der Waals surface area (Å²) in [5.41, 5.74) is 0.515. The van der Waals surface area contributed by atoms with Crippen LogP contribution in [0.1, 0.15) is 32.3 Å². The third-order valence-corrected chi connectivity index (χ3v) is 2.91. The van der Waals surface area contributed by atoms with Crippen molar-refractivity contribution in [2.45, 2.75) is 32.9 Å². The Hall–Kier alpha value is -2.09. The van der Waals surface area contributed by atoms with Gasteiger partial charge in [0.2, 0.25) is 11.8 Å². The van der Waals surface area contributed by atoms with Crippen molar-refractivity contribution in [3.63, 3.8) is 0 Å². The van der Waals surface area contributed by atoms with Gasteiger partial charge < -0.3 is 5.32 Å². The first kappa shape index (κ1) is 18.0. The molecule has 1 aromatic carbocycles. The minimum Gasteiger partial charge on any atom is -0.326 e. The predicted octanol–water partition coefficient (Wildman–Crippen LogP) is 2.44. The molecular weight excluding hydrogens is 299 g/mol. The quantitative estimate of drug-likeness (QED) is 0.443. The second kappa shape index (κ2) is 6.78. The summed E-state index contributed by atoms with van der Waals surface area (Å²) in [6.45, 7) is 3.38. The molecular formula is C14H18F3N3O2. The number of carbonyl (C=O) groups excluding carboxylic acids is 2. The first-order valence-corrected chi connectivity index (χ1v) is 6.50. The molecule has 0 fully saturated rings. The minimum atomic E-state index is -4.47. The number of hydrogen-bond donors (Lipinski definition) is 3. The van der Waals surface area contributed by atoms with Crippen molar-refractivity contribution in [2.24, 2.45) is 11.3 Å². The number of anilines is 1. The highest BCUT2D eigenvalue weighted by molar-refractivity contribution is 5.91. The first-order chi connectivity index (χ1) is 10.0. The summed E-state index contributed by atoms with van der Waals surface area (Å²) in [4.78, 5) is 23.1. The lowest BCUT2D eigenvalue weighted by Crippen LogP contribution is -2.35. The number of rotatable bonds is 5. The molecule has 0 bridgehead atoms. The number of carbonyl (C=O) groups is 2. The topological polar surface area (TPSA) is 84.2 Å². The fourth-order valence-electron chi connectivity index (χ4n) is 1.96. The van der Waals surface area contributed by atoms with E-state index in [1.165, 1.54) is 12.1 Å². The molecule has 5 nitrogen and oxygen atoms in total. The smallest absolute Gasteiger partial charge is 0.326 e. The fourth-order valence-corrected chi connectivity index (χ4v) is 1.96. The highest BCUT2D eigenvalue weighted by Crippen LogP contribution is 2.31. The minimum absolute atomic E-state index is 0.0273. The molecule has 22 heavy (non-hydrogen) atoms. The van der Waals surface area contributed by atoms with E-state index in [0.29, 0.717) is 0 Å². The Morgan fingerprint density at radius 1 is 1.14 bits per heavy atom. The maximum atomic E-state index is 12.6. The van der Waals surface area contributed by atoms with Crippen LogP contribution in [0, 0.1) is 5.41 Å². The average Bonchev–Trinajstić information content (AvgIpc) is 2.36. The second-order valence-corrected chi connectivity index (χ2v) is 5.71. The van der Waals surface area contributed by atoms with E-state index in [0.717, 1.165) is 12.1 Å². The van der Waals surface area contributed by atoms with Gasteiger partial charge in [-0.1, -0.05) is 19.9 Å². The van der Waals surface area contributed by atoms with Crippen molar-refractivity contribution < 1.29 is 22.8 Å². The van der Waals surface area contributed by atoms with E-state index >= 15 is 0 Å². The van der Waals surface area contributed by atoms with Gasteiger partial charge in [-0.15, -0.1) is 0 Å². The van der Waals surface area contributed by atoms with Gasteiger partial charge in [0.25, 0.3) is 0 Å². The zero-order chi connectivity index (χ0) is 17.0. The molecule has 0 saturated heterocycles. The maximum absolute atomic E-state index is 12.6. The van der Waals surface area contributed by atoms with Crippen molar-refractivity contribution in [1.82, 2.24) is 5.43 Å². The molecule has 1 rings (SSSR count). The summed E-state index contributed by atoms with van der Waals surface area (Å²) in [5.74, 6) is 4.09. The summed E-state index contributed by atoms with van der Waals surface area (Å²) in [6.07, 6.45) is -4.48. The molecule has 0 aliphatic rings. The number of nitrogens with one attached hydrogen (secondary N) is 2. The molecule has 0 aliphatic heterocycles. The van der Waals surface area contributed by atoms with Crippen LogP contribution < -0.4 is 16.6 Å². The van der Waals surface area contributed by atoms with Gasteiger partial charge in [0.1, 0.15) is 0 Å². The Balaban J connectivity index is 2.71. The molecule has 0 heterocycles. The van der Waals surface area contributed by atoms with Crippen molar-refractivity contribution in [3.05, 3.63) is 29.8 Å². The highest BCUT2D eigenvalue weighted by Gasteiger charge is 2.31. The Kier molecular flexibility index (Phi) is 5.54. The molecule has 4 N–H and O–H groups in total. The van der Waals surface area contributed by atoms with Crippen LogP contribution in [0.4, 0.5) is 18.9 Å². The molecule has 0 atom stereocenters. The Morgan fingerprint density at radius 3 is 2.27 bits per heavy atom. The SMILES string of the molecule is CC(C)(CC(=O)NN)CC(=O)Nc1cccc(C(F)(F)F)c1. The molecule has 0 aromatic heterocycles. The van der Waals surface area contributed by atoms with Crippen LogP contribution in [0.2, 0.25) is 0 Å². The van der Waals surface area contributed by atoms with Crippen molar-refractivity contribution >= 4 is 17.5 Å². The number of hydrogen-bond acceptors (Lipinski definition) is 3. The van der Waals surface area contributed by atoms with Gasteiger partial charge in [-0.05, 0) is 23.6 Å². The van der Waals surface area contributed by atoms with Crippen molar-refractivity contribution in [2.75, 3.05) is 5.32 Å². The fraction of sp³-hybridized carbons (Fsp3) is 0.429. The molecule has 0 aliphatic carbocycles. The van der Waals surface area contributed by atoms with E-state index in [4.69, 9.17) is 5.84 Å². The maximum Gasteiger partial charge on any atom is 0.416 e. The van der Waals surface area contributed by atoms with E-state index < -0.39 is 29.0 Å². The van der Waals surface area contributed by atoms with Crippen LogP contribution in [0.15, 0.2) is 24.3 Å². The number of halogens is 3. The average molecular weight is 317 g/mol. The summed E-state index contributed by atoms with van der Waals surface area (Å²) < 4.78 is 37.8. The first-order valence-electron chi connectivity index (χ1n) is 6.50. The van der Waals surface area contributed by atoms with E-state index in [9.17, 15) is 22.8 Å². The zero-order valence-electron chi connectivity index (χ0n) is 12.3. The summed E-state index contributed by atoms with van der Waals surface area (Å²) in [7, 11) is 0. The molecule has 122 valence electrons. The van der Waals surface area contributed by atoms with Gasteiger partial charge in [0.05, 0.1) is 5.56 Å². The van der Waals surface area contributed by atoms with Crippen LogP contribution in [0.25, 0.3) is 0 Å². The Bertz CT molecular complexity index is 557. The van der Waals surface area contributed by atoms with Gasteiger partial charge in [0, 0.05) is 18.5 Å². The van der Waals surface area contributed by atoms with E-state index in [-0.39, 0.29) is 18.5 Å². The van der Waals surface area contributed by atoms with Crippen LogP contribution in [-0.2, 0) is 15.8 Å². The number of benzene rings is 1. The third kappa shape index (κ3) is 5.72. The largest absolute Gasteiger partial charge is 0.416 e. The van der Waals surface area contributed by atoms with Gasteiger partial charge in [0.15, 0.2) is 0 Å². The van der Waals surface area contributed by atoms with Crippen LogP contribution in [0.5, 0.6) is 0 Å². The number of alkyl halides is 3. The molecule has 0 unspecified atom stereocenters. The second-order valence-electron chi connectivity index (χ2n) is 5.71. The lowest BCUT2D eigenvalue weighted by atomic mass is 9.85. The van der Waals surface area contributed by atoms with Crippen LogP contribution in [-0.4, -0.2) is 11.8 Å². The molecule has 0 spiro atoms. The summed E-state index contributed by atoms with van der Waals surface area (Å²) in [5, 5.41) is 2.40. The normalized spacial score (nSPS) is 11.9. The lowest BCUT2D eigenvalue weighted by molar-refractivity contribution is -0.137. The molecule has 0 saturated carbocycles. The molecule has 0 radical (unpaired) electrons. The summed E-state index contributed by atoms with van der Waals surface area (Å²) >= 11 is 0. The number of nitrogens with two attached hydrogens (primary N) is 1. The standard InChI is InChI=1S/C14H18F3N3O2/c1-13(2,8-12(22)20-18)7-11(21)19-10-5-3-4-9(6-10)14(15,16)17/h3-6H,7-8,18H2,1-2H3,(H,19,21)(H,20,22). The van der Waals surface area contributed by atoms with Crippen LogP contribution >= 0.6 is 0 Å². The summed E-state index contributed by atoms with van der Waals surface area (Å²) in [6, 6.07) is 4.36. The Labute approximate surface area is 126 Å². The Morgan fingerprint density at radius 2 is 1.73 bits per heavy atom. The monoisotopic (exact) mass is 317 g/mol. The molecule has 8 heteroatoms. The van der Waals surface area contributed by atoms with E-state index in [1.54, 1.807) is 13.8 Å². The van der Waals surface area contributed by atoms with Gasteiger partial charge in [-0.25, -0.2) is 5.84 Å². The highest BCUT2D eigenvalue weighted by atomic mass is 19.4. The number of hydrazine groups is 1. The molecule has 2 amide bonds. The zero-order valence-corrected chi connectivity index (χ0v) is 12.3. The number of amides is 2. The van der Waals surface area contributed by atoms with Crippen molar-refractivity contribution in [3.8, 4) is 0 Å². The van der Waals surface area contributed by atoms with Gasteiger partial charge in [-0.3, -0.25) is 15.0 Å². The van der Waals surface area contributed by atoms with Gasteiger partial charge >= 0.3 is 6.18 Å². The van der Waals surface area contributed by atoms with Crippen molar-refractivity contribution in [1.29, 1.82) is 0 Å². The third-order valence-electron chi connectivity index (χ3n) is 2.91. The molecule has 1 aromatic rings. The van der Waals surface area contributed by atoms with E-state index in [1.807, 2.05) is 5.43 Å². The van der Waals surface area contributed by atoms with Gasteiger partial charge in [-0.2, -0.15) is 13.2 Å². The van der Waals surface area contributed by atoms with E-state index in [2.05, 4.69) is 5.32 Å².